The molecule has 3 heteroatoms. The minimum atomic E-state index is 0.606. The van der Waals surface area contributed by atoms with E-state index in [0.717, 1.165) is 32.0 Å². The molecule has 1 aliphatic heterocycles. The molecule has 0 amide bonds. The van der Waals surface area contributed by atoms with Gasteiger partial charge >= 0.3 is 0 Å². The first-order valence-electron chi connectivity index (χ1n) is 8.36. The van der Waals surface area contributed by atoms with Crippen LogP contribution in [0.5, 0.6) is 5.75 Å². The molecule has 1 aliphatic rings. The van der Waals surface area contributed by atoms with Gasteiger partial charge < -0.3 is 10.1 Å². The molecule has 1 aromatic rings. The minimum absolute atomic E-state index is 0.606. The molecule has 0 saturated carbocycles. The van der Waals surface area contributed by atoms with Crippen LogP contribution in [-0.2, 0) is 0 Å². The van der Waals surface area contributed by atoms with Crippen LogP contribution in [0.1, 0.15) is 33.6 Å². The topological polar surface area (TPSA) is 24.5 Å². The van der Waals surface area contributed by atoms with Gasteiger partial charge in [0, 0.05) is 31.7 Å². The molecule has 1 N–H and O–H groups in total. The smallest absolute Gasteiger partial charge is 0.119 e. The second-order valence-electron chi connectivity index (χ2n) is 6.36. The first-order valence-corrected chi connectivity index (χ1v) is 8.36. The van der Waals surface area contributed by atoms with Gasteiger partial charge in [-0.1, -0.05) is 45.4 Å². The Hall–Kier alpha value is -1.06. The first kappa shape index (κ1) is 16.3. The summed E-state index contributed by atoms with van der Waals surface area (Å²) in [5.41, 5.74) is 0. The van der Waals surface area contributed by atoms with Crippen molar-refractivity contribution in [1.29, 1.82) is 0 Å². The van der Waals surface area contributed by atoms with Crippen molar-refractivity contribution >= 4 is 0 Å². The van der Waals surface area contributed by atoms with Crippen molar-refractivity contribution in [3.05, 3.63) is 30.3 Å². The average molecular weight is 290 g/mol. The Kier molecular flexibility index (Phi) is 6.52. The van der Waals surface area contributed by atoms with Crippen LogP contribution in [0.4, 0.5) is 0 Å². The Morgan fingerprint density at radius 2 is 2.05 bits per heavy atom. The summed E-state index contributed by atoms with van der Waals surface area (Å²) in [5, 5.41) is 3.71. The number of para-hydroxylation sites is 1. The van der Waals surface area contributed by atoms with Crippen LogP contribution in [0, 0.1) is 5.92 Å². The average Bonchev–Trinajstić information content (AvgIpc) is 2.50. The van der Waals surface area contributed by atoms with E-state index < -0.39 is 0 Å². The van der Waals surface area contributed by atoms with Gasteiger partial charge in [-0.2, -0.15) is 0 Å². The molecule has 0 aliphatic carbocycles. The normalized spacial score (nSPS) is 23.4. The largest absolute Gasteiger partial charge is 0.492 e. The molecule has 1 heterocycles. The Morgan fingerprint density at radius 1 is 1.29 bits per heavy atom. The SMILES string of the molecule is CCCC1CNC(C(C)C)CN1CCOc1ccccc1. The summed E-state index contributed by atoms with van der Waals surface area (Å²) in [5.74, 6) is 1.66. The lowest BCUT2D eigenvalue weighted by Crippen LogP contribution is -2.58. The number of hydrogen-bond acceptors (Lipinski definition) is 3. The summed E-state index contributed by atoms with van der Waals surface area (Å²) in [6.07, 6.45) is 2.51. The van der Waals surface area contributed by atoms with Gasteiger partial charge in [-0.3, -0.25) is 4.90 Å². The zero-order valence-corrected chi connectivity index (χ0v) is 13.7. The molecule has 1 saturated heterocycles. The summed E-state index contributed by atoms with van der Waals surface area (Å²) in [4.78, 5) is 2.62. The van der Waals surface area contributed by atoms with Crippen LogP contribution in [0.15, 0.2) is 30.3 Å². The summed E-state index contributed by atoms with van der Waals surface area (Å²) in [7, 11) is 0. The lowest BCUT2D eigenvalue weighted by atomic mass is 9.97. The number of nitrogens with one attached hydrogen (secondary N) is 1. The van der Waals surface area contributed by atoms with Crippen LogP contribution >= 0.6 is 0 Å². The van der Waals surface area contributed by atoms with Gasteiger partial charge in [-0.05, 0) is 24.5 Å². The fraction of sp³-hybridized carbons (Fsp3) is 0.667. The van der Waals surface area contributed by atoms with Gasteiger partial charge in [-0.15, -0.1) is 0 Å². The predicted octanol–water partition coefficient (Wildman–Crippen LogP) is 3.16. The fourth-order valence-corrected chi connectivity index (χ4v) is 3.02. The lowest BCUT2D eigenvalue weighted by molar-refractivity contribution is 0.0904. The number of hydrogen-bond donors (Lipinski definition) is 1. The quantitative estimate of drug-likeness (QED) is 0.835. The number of benzene rings is 1. The molecule has 3 nitrogen and oxygen atoms in total. The van der Waals surface area contributed by atoms with Crippen molar-refractivity contribution in [2.24, 2.45) is 5.92 Å². The van der Waals surface area contributed by atoms with Crippen molar-refractivity contribution in [2.75, 3.05) is 26.2 Å². The van der Waals surface area contributed by atoms with Gasteiger partial charge in [-0.25, -0.2) is 0 Å². The van der Waals surface area contributed by atoms with E-state index >= 15 is 0 Å². The number of ether oxygens (including phenoxy) is 1. The summed E-state index contributed by atoms with van der Waals surface area (Å²) in [6.45, 7) is 10.9. The van der Waals surface area contributed by atoms with Crippen molar-refractivity contribution in [1.82, 2.24) is 10.2 Å². The zero-order chi connectivity index (χ0) is 15.1. The highest BCUT2D eigenvalue weighted by molar-refractivity contribution is 5.20. The molecule has 0 spiro atoms. The third kappa shape index (κ3) is 5.01. The van der Waals surface area contributed by atoms with Crippen LogP contribution in [0.3, 0.4) is 0 Å². The molecule has 0 aromatic heterocycles. The van der Waals surface area contributed by atoms with Crippen molar-refractivity contribution in [3.8, 4) is 5.75 Å². The first-order chi connectivity index (χ1) is 10.2. The standard InChI is InChI=1S/C18H30N2O/c1-4-8-16-13-19-18(15(2)3)14-20(16)11-12-21-17-9-6-5-7-10-17/h5-7,9-10,15-16,18-19H,4,8,11-14H2,1-3H3. The lowest BCUT2D eigenvalue weighted by Gasteiger charge is -2.42. The molecule has 2 unspecified atom stereocenters. The molecule has 118 valence electrons. The second-order valence-corrected chi connectivity index (χ2v) is 6.36. The molecule has 21 heavy (non-hydrogen) atoms. The Labute approximate surface area is 129 Å². The van der Waals surface area contributed by atoms with Crippen LogP contribution in [0.2, 0.25) is 0 Å². The highest BCUT2D eigenvalue weighted by atomic mass is 16.5. The van der Waals surface area contributed by atoms with E-state index in [2.05, 4.69) is 31.0 Å². The fourth-order valence-electron chi connectivity index (χ4n) is 3.02. The second kappa shape index (κ2) is 8.40. The summed E-state index contributed by atoms with van der Waals surface area (Å²) in [6, 6.07) is 11.4. The Balaban J connectivity index is 1.84. The van der Waals surface area contributed by atoms with E-state index in [1.54, 1.807) is 0 Å². The van der Waals surface area contributed by atoms with Crippen LogP contribution < -0.4 is 10.1 Å². The van der Waals surface area contributed by atoms with Crippen LogP contribution in [-0.4, -0.2) is 43.2 Å². The summed E-state index contributed by atoms with van der Waals surface area (Å²) >= 11 is 0. The third-order valence-electron chi connectivity index (χ3n) is 4.38. The molecule has 0 radical (unpaired) electrons. The molecule has 0 bridgehead atoms. The van der Waals surface area contributed by atoms with Gasteiger partial charge in [0.2, 0.25) is 0 Å². The predicted molar refractivity (Wildman–Crippen MR) is 88.8 cm³/mol. The maximum Gasteiger partial charge on any atom is 0.119 e. The number of rotatable bonds is 7. The Bertz CT molecular complexity index is 393. The molecule has 2 atom stereocenters. The van der Waals surface area contributed by atoms with Gasteiger partial charge in [0.1, 0.15) is 12.4 Å². The molecule has 1 fully saturated rings. The van der Waals surface area contributed by atoms with E-state index in [1.165, 1.54) is 12.8 Å². The molecule has 1 aromatic carbocycles. The zero-order valence-electron chi connectivity index (χ0n) is 13.7. The van der Waals surface area contributed by atoms with Crippen LogP contribution in [0.25, 0.3) is 0 Å². The monoisotopic (exact) mass is 290 g/mol. The molecular weight excluding hydrogens is 260 g/mol. The van der Waals surface area contributed by atoms with Gasteiger partial charge in [0.15, 0.2) is 0 Å². The van der Waals surface area contributed by atoms with E-state index in [9.17, 15) is 0 Å². The van der Waals surface area contributed by atoms with Crippen molar-refractivity contribution in [3.63, 3.8) is 0 Å². The van der Waals surface area contributed by atoms with E-state index in [0.29, 0.717) is 18.0 Å². The van der Waals surface area contributed by atoms with Crippen molar-refractivity contribution in [2.45, 2.75) is 45.7 Å². The number of piperazine rings is 1. The maximum atomic E-state index is 5.87. The third-order valence-corrected chi connectivity index (χ3v) is 4.38. The van der Waals surface area contributed by atoms with Crippen molar-refractivity contribution < 1.29 is 4.74 Å². The molecular formula is C18H30N2O. The number of nitrogens with zero attached hydrogens (tertiary/aromatic N) is 1. The van der Waals surface area contributed by atoms with Gasteiger partial charge in [0.25, 0.3) is 0 Å². The highest BCUT2D eigenvalue weighted by Gasteiger charge is 2.28. The highest BCUT2D eigenvalue weighted by Crippen LogP contribution is 2.16. The van der Waals surface area contributed by atoms with E-state index in [-0.39, 0.29) is 0 Å². The van der Waals surface area contributed by atoms with E-state index in [4.69, 9.17) is 4.74 Å². The van der Waals surface area contributed by atoms with E-state index in [1.807, 2.05) is 30.3 Å². The summed E-state index contributed by atoms with van der Waals surface area (Å²) < 4.78 is 5.87. The molecule has 2 rings (SSSR count). The minimum Gasteiger partial charge on any atom is -0.492 e. The van der Waals surface area contributed by atoms with Gasteiger partial charge in [0.05, 0.1) is 0 Å². The Morgan fingerprint density at radius 3 is 2.71 bits per heavy atom. The maximum absolute atomic E-state index is 5.87.